The zero-order chi connectivity index (χ0) is 20.7. The fraction of sp³-hybridized carbons (Fsp3) is 0.333. The van der Waals surface area contributed by atoms with Crippen molar-refractivity contribution >= 4 is 35.0 Å². The van der Waals surface area contributed by atoms with Crippen LogP contribution in [0, 0.1) is 5.82 Å². The van der Waals surface area contributed by atoms with Gasteiger partial charge in [-0.05, 0) is 48.7 Å². The lowest BCUT2D eigenvalue weighted by atomic mass is 10.1. The first-order chi connectivity index (χ1) is 13.3. The highest BCUT2D eigenvalue weighted by molar-refractivity contribution is 6.35. The van der Waals surface area contributed by atoms with Crippen molar-refractivity contribution in [3.05, 3.63) is 69.5 Å². The van der Waals surface area contributed by atoms with E-state index in [4.69, 9.17) is 23.2 Å². The van der Waals surface area contributed by atoms with Crippen LogP contribution in [0.2, 0.25) is 10.0 Å². The van der Waals surface area contributed by atoms with Gasteiger partial charge >= 0.3 is 0 Å². The molecule has 0 spiro atoms. The molecule has 2 rings (SSSR count). The number of nitrogens with one attached hydrogen (secondary N) is 1. The average Bonchev–Trinajstić information content (AvgIpc) is 2.66. The lowest BCUT2D eigenvalue weighted by Gasteiger charge is -2.29. The largest absolute Gasteiger partial charge is 0.350 e. The summed E-state index contributed by atoms with van der Waals surface area (Å²) in [5.74, 6) is -0.766. The van der Waals surface area contributed by atoms with Crippen LogP contribution in [0.5, 0.6) is 0 Å². The number of nitrogens with zero attached hydrogens (tertiary/aromatic N) is 1. The van der Waals surface area contributed by atoms with E-state index >= 15 is 0 Å². The molecule has 1 atom stereocenters. The summed E-state index contributed by atoms with van der Waals surface area (Å²) >= 11 is 12.0. The second-order valence-electron chi connectivity index (χ2n) is 6.53. The van der Waals surface area contributed by atoms with Gasteiger partial charge in [-0.15, -0.1) is 0 Å². The van der Waals surface area contributed by atoms with Crippen molar-refractivity contribution in [1.29, 1.82) is 0 Å². The number of carbonyl (C=O) groups is 2. The van der Waals surface area contributed by atoms with E-state index in [0.717, 1.165) is 11.1 Å². The lowest BCUT2D eigenvalue weighted by Crippen LogP contribution is -2.47. The van der Waals surface area contributed by atoms with E-state index in [0.29, 0.717) is 22.9 Å². The van der Waals surface area contributed by atoms with Crippen LogP contribution in [0.25, 0.3) is 0 Å². The van der Waals surface area contributed by atoms with Crippen LogP contribution in [0.4, 0.5) is 4.39 Å². The lowest BCUT2D eigenvalue weighted by molar-refractivity contribution is -0.140. The first kappa shape index (κ1) is 22.2. The number of amides is 2. The molecule has 0 bridgehead atoms. The van der Waals surface area contributed by atoms with Crippen molar-refractivity contribution in [2.75, 3.05) is 0 Å². The van der Waals surface area contributed by atoms with Gasteiger partial charge in [-0.1, -0.05) is 48.3 Å². The van der Waals surface area contributed by atoms with Gasteiger partial charge in [0.25, 0.3) is 0 Å². The third kappa shape index (κ3) is 6.21. The number of hydrogen-bond acceptors (Lipinski definition) is 2. The predicted octanol–water partition coefficient (Wildman–Crippen LogP) is 4.97. The van der Waals surface area contributed by atoms with Crippen LogP contribution in [0.1, 0.15) is 37.8 Å². The van der Waals surface area contributed by atoms with Crippen LogP contribution in [-0.4, -0.2) is 22.8 Å². The number of halogens is 3. The number of hydrogen-bond donors (Lipinski definition) is 1. The normalized spacial score (nSPS) is 11.8. The molecule has 0 aliphatic carbocycles. The SMILES string of the molecule is CCCC(=O)N(Cc1ccc(F)cc1)[C@H](C)C(=O)NCc1ccc(Cl)cc1Cl. The second-order valence-corrected chi connectivity index (χ2v) is 7.37. The number of rotatable bonds is 8. The van der Waals surface area contributed by atoms with Gasteiger partial charge in [0.15, 0.2) is 0 Å². The van der Waals surface area contributed by atoms with Gasteiger partial charge in [0.1, 0.15) is 11.9 Å². The van der Waals surface area contributed by atoms with Crippen LogP contribution in [0.3, 0.4) is 0 Å². The molecule has 0 aliphatic heterocycles. The minimum Gasteiger partial charge on any atom is -0.350 e. The molecule has 0 fully saturated rings. The Morgan fingerprint density at radius 3 is 2.43 bits per heavy atom. The van der Waals surface area contributed by atoms with Crippen molar-refractivity contribution in [2.24, 2.45) is 0 Å². The second kappa shape index (κ2) is 10.4. The van der Waals surface area contributed by atoms with Gasteiger partial charge in [-0.25, -0.2) is 4.39 Å². The first-order valence-electron chi connectivity index (χ1n) is 9.07. The van der Waals surface area contributed by atoms with Crippen LogP contribution < -0.4 is 5.32 Å². The molecule has 150 valence electrons. The van der Waals surface area contributed by atoms with Crippen LogP contribution in [0.15, 0.2) is 42.5 Å². The molecular formula is C21H23Cl2FN2O2. The summed E-state index contributed by atoms with van der Waals surface area (Å²) in [6, 6.07) is 10.3. The molecular weight excluding hydrogens is 402 g/mol. The maximum absolute atomic E-state index is 13.1. The molecule has 4 nitrogen and oxygen atoms in total. The number of benzene rings is 2. The van der Waals surface area contributed by atoms with Gasteiger partial charge in [0.05, 0.1) is 0 Å². The fourth-order valence-electron chi connectivity index (χ4n) is 2.72. The Hall–Kier alpha value is -2.11. The fourth-order valence-corrected chi connectivity index (χ4v) is 3.20. The summed E-state index contributed by atoms with van der Waals surface area (Å²) in [5.41, 5.74) is 1.49. The summed E-state index contributed by atoms with van der Waals surface area (Å²) in [6.07, 6.45) is 1.01. The van der Waals surface area contributed by atoms with Crippen LogP contribution >= 0.6 is 23.2 Å². The van der Waals surface area contributed by atoms with Crippen molar-refractivity contribution in [2.45, 2.75) is 45.8 Å². The molecule has 0 saturated heterocycles. The molecule has 7 heteroatoms. The maximum atomic E-state index is 13.1. The minimum absolute atomic E-state index is 0.126. The van der Waals surface area contributed by atoms with E-state index in [2.05, 4.69) is 5.32 Å². The molecule has 0 aromatic heterocycles. The van der Waals surface area contributed by atoms with Crippen molar-refractivity contribution < 1.29 is 14.0 Å². The summed E-state index contributed by atoms with van der Waals surface area (Å²) in [4.78, 5) is 26.7. The summed E-state index contributed by atoms with van der Waals surface area (Å²) in [6.45, 7) is 4.04. The molecule has 2 aromatic rings. The monoisotopic (exact) mass is 424 g/mol. The van der Waals surface area contributed by atoms with E-state index in [1.54, 1.807) is 37.3 Å². The quantitative estimate of drug-likeness (QED) is 0.650. The van der Waals surface area contributed by atoms with Crippen molar-refractivity contribution in [3.63, 3.8) is 0 Å². The molecule has 0 unspecified atom stereocenters. The highest BCUT2D eigenvalue weighted by Crippen LogP contribution is 2.21. The standard InChI is InChI=1S/C21H23Cl2FN2O2/c1-3-4-20(27)26(13-15-5-9-18(24)10-6-15)14(2)21(28)25-12-16-7-8-17(22)11-19(16)23/h5-11,14H,3-4,12-13H2,1-2H3,(H,25,28)/t14-/m1/s1. The van der Waals surface area contributed by atoms with Crippen molar-refractivity contribution in [1.82, 2.24) is 10.2 Å². The van der Waals surface area contributed by atoms with E-state index in [1.165, 1.54) is 17.0 Å². The molecule has 0 radical (unpaired) electrons. The Morgan fingerprint density at radius 1 is 1.14 bits per heavy atom. The Balaban J connectivity index is 2.08. The Bertz CT molecular complexity index is 828. The molecule has 2 amide bonds. The molecule has 0 aliphatic rings. The summed E-state index contributed by atoms with van der Waals surface area (Å²) in [7, 11) is 0. The maximum Gasteiger partial charge on any atom is 0.242 e. The summed E-state index contributed by atoms with van der Waals surface area (Å²) in [5, 5.41) is 3.79. The van der Waals surface area contributed by atoms with E-state index < -0.39 is 6.04 Å². The molecule has 28 heavy (non-hydrogen) atoms. The van der Waals surface area contributed by atoms with Gasteiger partial charge in [-0.3, -0.25) is 9.59 Å². The van der Waals surface area contributed by atoms with Gasteiger partial charge in [0, 0.05) is 29.6 Å². The average molecular weight is 425 g/mol. The van der Waals surface area contributed by atoms with Gasteiger partial charge in [-0.2, -0.15) is 0 Å². The topological polar surface area (TPSA) is 49.4 Å². The smallest absolute Gasteiger partial charge is 0.242 e. The molecule has 0 heterocycles. The van der Waals surface area contributed by atoms with E-state index in [9.17, 15) is 14.0 Å². The predicted molar refractivity (Wildman–Crippen MR) is 110 cm³/mol. The zero-order valence-corrected chi connectivity index (χ0v) is 17.4. The Labute approximate surface area is 174 Å². The van der Waals surface area contributed by atoms with E-state index in [-0.39, 0.29) is 30.7 Å². The molecule has 2 aromatic carbocycles. The molecule has 0 saturated carbocycles. The zero-order valence-electron chi connectivity index (χ0n) is 15.8. The van der Waals surface area contributed by atoms with E-state index in [1.807, 2.05) is 6.92 Å². The van der Waals surface area contributed by atoms with Crippen molar-refractivity contribution in [3.8, 4) is 0 Å². The Morgan fingerprint density at radius 2 is 1.82 bits per heavy atom. The highest BCUT2D eigenvalue weighted by Gasteiger charge is 2.25. The Kier molecular flexibility index (Phi) is 8.27. The summed E-state index contributed by atoms with van der Waals surface area (Å²) < 4.78 is 13.1. The first-order valence-corrected chi connectivity index (χ1v) is 9.83. The van der Waals surface area contributed by atoms with Gasteiger partial charge < -0.3 is 10.2 Å². The third-order valence-corrected chi connectivity index (χ3v) is 4.95. The van der Waals surface area contributed by atoms with Gasteiger partial charge in [0.2, 0.25) is 11.8 Å². The number of carbonyl (C=O) groups excluding carboxylic acids is 2. The third-order valence-electron chi connectivity index (χ3n) is 4.37. The molecule has 1 N–H and O–H groups in total. The highest BCUT2D eigenvalue weighted by atomic mass is 35.5. The minimum atomic E-state index is -0.685. The van der Waals surface area contributed by atoms with Crippen LogP contribution in [-0.2, 0) is 22.7 Å².